The van der Waals surface area contributed by atoms with E-state index < -0.39 is 5.91 Å². The molecule has 2 aliphatic carbocycles. The Kier molecular flexibility index (Phi) is 5.17. The first-order chi connectivity index (χ1) is 14.4. The number of nitrogens with one attached hydrogen (secondary N) is 4. The number of aliphatic hydroxyl groups excluding tert-OH is 1. The summed E-state index contributed by atoms with van der Waals surface area (Å²) in [6, 6.07) is 8.45. The van der Waals surface area contributed by atoms with Gasteiger partial charge < -0.3 is 26.8 Å². The highest BCUT2D eigenvalue weighted by Crippen LogP contribution is 2.60. The molecule has 1 aromatic carbocycles. The molecule has 30 heavy (non-hydrogen) atoms. The Bertz CT molecular complexity index is 981. The van der Waals surface area contributed by atoms with Crippen LogP contribution >= 0.6 is 0 Å². The van der Waals surface area contributed by atoms with Gasteiger partial charge in [-0.05, 0) is 42.9 Å². The molecule has 0 saturated heterocycles. The average Bonchev–Trinajstić information content (AvgIpc) is 3.19. The zero-order valence-electron chi connectivity index (χ0n) is 16.3. The Balaban J connectivity index is 1.20. The summed E-state index contributed by atoms with van der Waals surface area (Å²) in [4.78, 5) is 35.9. The number of nitrogens with zero attached hydrogens (tertiary/aromatic N) is 1. The SMILES string of the molecule is NC(=O)c1ccccc1NCC(=O)NC1CC12CC(NC(=O)c1cc(CO)[nH]n1)C2. The van der Waals surface area contributed by atoms with Gasteiger partial charge in [-0.1, -0.05) is 12.1 Å². The van der Waals surface area contributed by atoms with Gasteiger partial charge >= 0.3 is 0 Å². The lowest BCUT2D eigenvalue weighted by Crippen LogP contribution is -2.48. The second-order valence-electron chi connectivity index (χ2n) is 7.97. The maximum atomic E-state index is 12.3. The number of rotatable bonds is 8. The standard InChI is InChI=1S/C20H24N6O4/c21-18(29)13-3-1-2-4-14(13)22-9-17(28)24-16-8-20(16)6-12(7-20)23-19(30)15-5-11(10-27)25-26-15/h1-5,12,16,22,27H,6-10H2,(H2,21,29)(H,23,30)(H,24,28)(H,25,26). The fourth-order valence-corrected chi connectivity index (χ4v) is 4.12. The molecule has 10 nitrogen and oxygen atoms in total. The molecule has 3 amide bonds. The van der Waals surface area contributed by atoms with Crippen LogP contribution in [-0.4, -0.2) is 51.7 Å². The maximum Gasteiger partial charge on any atom is 0.271 e. The number of amides is 3. The summed E-state index contributed by atoms with van der Waals surface area (Å²) in [5.41, 5.74) is 7.01. The van der Waals surface area contributed by atoms with E-state index in [0.29, 0.717) is 16.9 Å². The lowest BCUT2D eigenvalue weighted by Gasteiger charge is -2.37. The summed E-state index contributed by atoms with van der Waals surface area (Å²) in [5, 5.41) is 24.4. The fraction of sp³-hybridized carbons (Fsp3) is 0.400. The number of H-pyrrole nitrogens is 1. The predicted molar refractivity (Wildman–Crippen MR) is 107 cm³/mol. The van der Waals surface area contributed by atoms with Crippen LogP contribution in [0.5, 0.6) is 0 Å². The second kappa shape index (κ2) is 7.79. The lowest BCUT2D eigenvalue weighted by atomic mass is 9.76. The van der Waals surface area contributed by atoms with E-state index in [9.17, 15) is 14.4 Å². The van der Waals surface area contributed by atoms with E-state index in [-0.39, 0.29) is 48.2 Å². The zero-order valence-corrected chi connectivity index (χ0v) is 16.3. The molecule has 2 aliphatic rings. The molecule has 2 saturated carbocycles. The number of primary amides is 1. The van der Waals surface area contributed by atoms with Gasteiger partial charge in [-0.3, -0.25) is 19.5 Å². The van der Waals surface area contributed by atoms with E-state index in [4.69, 9.17) is 10.8 Å². The molecule has 1 heterocycles. The quantitative estimate of drug-likeness (QED) is 0.354. The van der Waals surface area contributed by atoms with Crippen LogP contribution in [-0.2, 0) is 11.4 Å². The van der Waals surface area contributed by atoms with Crippen LogP contribution in [0, 0.1) is 5.41 Å². The Morgan fingerprint density at radius 3 is 2.67 bits per heavy atom. The van der Waals surface area contributed by atoms with E-state index in [2.05, 4.69) is 26.1 Å². The van der Waals surface area contributed by atoms with Crippen LogP contribution in [0.4, 0.5) is 5.69 Å². The van der Waals surface area contributed by atoms with Gasteiger partial charge in [-0.25, -0.2) is 0 Å². The van der Waals surface area contributed by atoms with Crippen LogP contribution in [0.1, 0.15) is 45.8 Å². The van der Waals surface area contributed by atoms with Gasteiger partial charge in [-0.2, -0.15) is 5.10 Å². The normalized spacial score (nSPS) is 24.0. The highest BCUT2D eigenvalue weighted by Gasteiger charge is 2.62. The number of aromatic amines is 1. The zero-order chi connectivity index (χ0) is 21.3. The molecule has 1 spiro atoms. The van der Waals surface area contributed by atoms with Gasteiger partial charge in [0.15, 0.2) is 0 Å². The van der Waals surface area contributed by atoms with E-state index in [1.165, 1.54) is 6.07 Å². The predicted octanol–water partition coefficient (Wildman–Crippen LogP) is -0.120. The molecule has 0 radical (unpaired) electrons. The van der Waals surface area contributed by atoms with Crippen molar-refractivity contribution in [2.75, 3.05) is 11.9 Å². The Labute approximate surface area is 172 Å². The van der Waals surface area contributed by atoms with E-state index in [1.807, 2.05) is 0 Å². The largest absolute Gasteiger partial charge is 0.390 e. The van der Waals surface area contributed by atoms with Gasteiger partial charge in [0.1, 0.15) is 5.69 Å². The first-order valence-corrected chi connectivity index (χ1v) is 9.78. The average molecular weight is 412 g/mol. The van der Waals surface area contributed by atoms with Crippen molar-refractivity contribution >= 4 is 23.4 Å². The summed E-state index contributed by atoms with van der Waals surface area (Å²) < 4.78 is 0. The molecule has 10 heteroatoms. The van der Waals surface area contributed by atoms with Crippen LogP contribution in [0.15, 0.2) is 30.3 Å². The molecule has 1 aromatic heterocycles. The van der Waals surface area contributed by atoms with Crippen molar-refractivity contribution in [2.45, 2.75) is 38.0 Å². The third kappa shape index (κ3) is 3.99. The van der Waals surface area contributed by atoms with Crippen molar-refractivity contribution in [1.29, 1.82) is 0 Å². The number of para-hydroxylation sites is 1. The number of benzene rings is 1. The maximum absolute atomic E-state index is 12.3. The number of aliphatic hydroxyl groups is 1. The van der Waals surface area contributed by atoms with Crippen molar-refractivity contribution in [3.05, 3.63) is 47.3 Å². The van der Waals surface area contributed by atoms with Crippen molar-refractivity contribution in [3.63, 3.8) is 0 Å². The molecule has 4 rings (SSSR count). The number of hydrogen-bond acceptors (Lipinski definition) is 6. The highest BCUT2D eigenvalue weighted by atomic mass is 16.3. The number of carbonyl (C=O) groups is 3. The number of aromatic nitrogens is 2. The van der Waals surface area contributed by atoms with Gasteiger partial charge in [0.05, 0.1) is 24.4 Å². The number of nitrogens with two attached hydrogens (primary N) is 1. The molecule has 0 bridgehead atoms. The third-order valence-corrected chi connectivity index (χ3v) is 5.83. The van der Waals surface area contributed by atoms with Crippen molar-refractivity contribution in [2.24, 2.45) is 11.1 Å². The molecule has 158 valence electrons. The molecular formula is C20H24N6O4. The van der Waals surface area contributed by atoms with Gasteiger partial charge in [0.25, 0.3) is 11.8 Å². The minimum absolute atomic E-state index is 0.0450. The van der Waals surface area contributed by atoms with Crippen LogP contribution < -0.4 is 21.7 Å². The topological polar surface area (TPSA) is 162 Å². The number of hydrogen-bond donors (Lipinski definition) is 6. The molecular weight excluding hydrogens is 388 g/mol. The van der Waals surface area contributed by atoms with E-state index in [0.717, 1.165) is 19.3 Å². The van der Waals surface area contributed by atoms with E-state index in [1.54, 1.807) is 24.3 Å². The van der Waals surface area contributed by atoms with Crippen molar-refractivity contribution in [3.8, 4) is 0 Å². The molecule has 7 N–H and O–H groups in total. The first kappa shape index (κ1) is 19.9. The van der Waals surface area contributed by atoms with Gasteiger partial charge in [0.2, 0.25) is 5.91 Å². The Morgan fingerprint density at radius 1 is 1.20 bits per heavy atom. The second-order valence-corrected chi connectivity index (χ2v) is 7.97. The van der Waals surface area contributed by atoms with Crippen molar-refractivity contribution < 1.29 is 19.5 Å². The van der Waals surface area contributed by atoms with Gasteiger partial charge in [-0.15, -0.1) is 0 Å². The number of carbonyl (C=O) groups excluding carboxylic acids is 3. The summed E-state index contributed by atoms with van der Waals surface area (Å²) in [6.45, 7) is -0.152. The molecule has 2 aromatic rings. The summed E-state index contributed by atoms with van der Waals surface area (Å²) in [7, 11) is 0. The van der Waals surface area contributed by atoms with Crippen molar-refractivity contribution in [1.82, 2.24) is 20.8 Å². The van der Waals surface area contributed by atoms with E-state index >= 15 is 0 Å². The van der Waals surface area contributed by atoms with Gasteiger partial charge in [0, 0.05) is 17.8 Å². The number of anilines is 1. The minimum atomic E-state index is -0.551. The molecule has 2 fully saturated rings. The summed E-state index contributed by atoms with van der Waals surface area (Å²) in [6.07, 6.45) is 2.50. The fourth-order valence-electron chi connectivity index (χ4n) is 4.12. The molecule has 1 unspecified atom stereocenters. The molecule has 1 atom stereocenters. The summed E-state index contributed by atoms with van der Waals surface area (Å²) >= 11 is 0. The first-order valence-electron chi connectivity index (χ1n) is 9.78. The third-order valence-electron chi connectivity index (χ3n) is 5.83. The van der Waals surface area contributed by atoms with Crippen LogP contribution in [0.3, 0.4) is 0 Å². The summed E-state index contributed by atoms with van der Waals surface area (Å²) in [5.74, 6) is -0.981. The van der Waals surface area contributed by atoms with Crippen LogP contribution in [0.2, 0.25) is 0 Å². The Hall–Kier alpha value is -3.40. The van der Waals surface area contributed by atoms with Crippen LogP contribution in [0.25, 0.3) is 0 Å². The molecule has 0 aliphatic heterocycles. The minimum Gasteiger partial charge on any atom is -0.390 e. The monoisotopic (exact) mass is 412 g/mol. The smallest absolute Gasteiger partial charge is 0.271 e. The lowest BCUT2D eigenvalue weighted by molar-refractivity contribution is -0.119. The Morgan fingerprint density at radius 2 is 1.97 bits per heavy atom. The highest BCUT2D eigenvalue weighted by molar-refractivity contribution is 5.99.